The van der Waals surface area contributed by atoms with Crippen molar-refractivity contribution in [1.29, 1.82) is 0 Å². The Kier molecular flexibility index (Phi) is 4.96. The monoisotopic (exact) mass is 356 g/mol. The van der Waals surface area contributed by atoms with Crippen molar-refractivity contribution in [2.45, 2.75) is 31.3 Å². The zero-order chi connectivity index (χ0) is 18.9. The molecule has 2 amide bonds. The van der Waals surface area contributed by atoms with Crippen LogP contribution in [-0.4, -0.2) is 42.9 Å². The quantitative estimate of drug-likeness (QED) is 0.493. The molecule has 2 aliphatic heterocycles. The molecule has 138 valence electrons. The maximum absolute atomic E-state index is 12.9. The highest BCUT2D eigenvalue weighted by molar-refractivity contribution is 6.09. The van der Waals surface area contributed by atoms with Crippen LogP contribution in [0.5, 0.6) is 0 Å². The SMILES string of the molecule is CCC/C=C/[C@@H]1N[C@@](C(=O)OC)(c2ccccc2)[C@@H]2C(=O)N(C)C(=O)[C@H]12. The van der Waals surface area contributed by atoms with Gasteiger partial charge in [-0.2, -0.15) is 0 Å². The van der Waals surface area contributed by atoms with Gasteiger partial charge in [0.05, 0.1) is 18.9 Å². The molecule has 6 heteroatoms. The first-order valence-corrected chi connectivity index (χ1v) is 8.88. The Morgan fingerprint density at radius 2 is 1.96 bits per heavy atom. The number of esters is 1. The number of fused-ring (bicyclic) bond motifs is 1. The predicted molar refractivity (Wildman–Crippen MR) is 95.9 cm³/mol. The maximum Gasteiger partial charge on any atom is 0.331 e. The van der Waals surface area contributed by atoms with Gasteiger partial charge in [0.25, 0.3) is 0 Å². The summed E-state index contributed by atoms with van der Waals surface area (Å²) in [5, 5.41) is 3.28. The number of allylic oxidation sites excluding steroid dienone is 1. The largest absolute Gasteiger partial charge is 0.467 e. The molecule has 3 rings (SSSR count). The lowest BCUT2D eigenvalue weighted by atomic mass is 9.75. The summed E-state index contributed by atoms with van der Waals surface area (Å²) in [7, 11) is 2.78. The summed E-state index contributed by atoms with van der Waals surface area (Å²) in [4.78, 5) is 39.7. The molecule has 0 unspecified atom stereocenters. The van der Waals surface area contributed by atoms with Crippen LogP contribution in [0, 0.1) is 11.8 Å². The number of unbranched alkanes of at least 4 members (excludes halogenated alkanes) is 1. The third kappa shape index (κ3) is 2.56. The summed E-state index contributed by atoms with van der Waals surface area (Å²) >= 11 is 0. The van der Waals surface area contributed by atoms with E-state index in [0.717, 1.165) is 17.7 Å². The summed E-state index contributed by atoms with van der Waals surface area (Å²) in [6, 6.07) is 8.62. The molecule has 4 atom stereocenters. The lowest BCUT2D eigenvalue weighted by Gasteiger charge is -2.32. The van der Waals surface area contributed by atoms with Gasteiger partial charge in [-0.25, -0.2) is 4.79 Å². The fourth-order valence-electron chi connectivity index (χ4n) is 4.10. The number of rotatable bonds is 5. The average molecular weight is 356 g/mol. The molecule has 1 N–H and O–H groups in total. The maximum atomic E-state index is 12.9. The molecule has 26 heavy (non-hydrogen) atoms. The number of amides is 2. The zero-order valence-electron chi connectivity index (χ0n) is 15.3. The Morgan fingerprint density at radius 1 is 1.27 bits per heavy atom. The van der Waals surface area contributed by atoms with E-state index >= 15 is 0 Å². The highest BCUT2D eigenvalue weighted by atomic mass is 16.5. The number of carbonyl (C=O) groups is 3. The minimum absolute atomic E-state index is 0.264. The summed E-state index contributed by atoms with van der Waals surface area (Å²) in [6.45, 7) is 2.07. The number of hydrogen-bond acceptors (Lipinski definition) is 5. The van der Waals surface area contributed by atoms with Gasteiger partial charge in [-0.15, -0.1) is 0 Å². The number of carbonyl (C=O) groups excluding carboxylic acids is 3. The van der Waals surface area contributed by atoms with E-state index in [2.05, 4.69) is 12.2 Å². The van der Waals surface area contributed by atoms with Gasteiger partial charge in [0.2, 0.25) is 11.8 Å². The molecule has 2 heterocycles. The van der Waals surface area contributed by atoms with Crippen LogP contribution < -0.4 is 5.32 Å². The van der Waals surface area contributed by atoms with Gasteiger partial charge in [-0.3, -0.25) is 19.8 Å². The molecule has 6 nitrogen and oxygen atoms in total. The van der Waals surface area contributed by atoms with Crippen LogP contribution in [0.25, 0.3) is 0 Å². The topological polar surface area (TPSA) is 75.7 Å². The Bertz CT molecular complexity index is 745. The molecule has 0 aliphatic carbocycles. The Labute approximate surface area is 153 Å². The highest BCUT2D eigenvalue weighted by Gasteiger charge is 2.68. The molecular formula is C20H24N2O4. The first-order chi connectivity index (χ1) is 12.5. The van der Waals surface area contributed by atoms with Crippen LogP contribution in [0.15, 0.2) is 42.5 Å². The number of nitrogens with one attached hydrogen (secondary N) is 1. The first-order valence-electron chi connectivity index (χ1n) is 8.88. The van der Waals surface area contributed by atoms with Crippen molar-refractivity contribution < 1.29 is 19.1 Å². The lowest BCUT2D eigenvalue weighted by Crippen LogP contribution is -2.54. The molecule has 0 saturated carbocycles. The Balaban J connectivity index is 2.16. The van der Waals surface area contributed by atoms with Gasteiger partial charge in [-0.1, -0.05) is 55.8 Å². The molecule has 0 radical (unpaired) electrons. The minimum atomic E-state index is -1.38. The molecule has 2 aliphatic rings. The smallest absolute Gasteiger partial charge is 0.331 e. The highest BCUT2D eigenvalue weighted by Crippen LogP contribution is 2.48. The van der Waals surface area contributed by atoms with Gasteiger partial charge in [0, 0.05) is 13.1 Å². The van der Waals surface area contributed by atoms with Crippen molar-refractivity contribution in [3.8, 4) is 0 Å². The Hall–Kier alpha value is -2.47. The van der Waals surface area contributed by atoms with E-state index in [4.69, 9.17) is 4.74 Å². The van der Waals surface area contributed by atoms with E-state index in [1.165, 1.54) is 14.2 Å². The van der Waals surface area contributed by atoms with E-state index < -0.39 is 29.4 Å². The minimum Gasteiger partial charge on any atom is -0.467 e. The van der Waals surface area contributed by atoms with Crippen LogP contribution >= 0.6 is 0 Å². The fraction of sp³-hybridized carbons (Fsp3) is 0.450. The molecule has 0 bridgehead atoms. The molecule has 1 aromatic carbocycles. The second-order valence-corrected chi connectivity index (χ2v) is 6.79. The van der Waals surface area contributed by atoms with Gasteiger partial charge >= 0.3 is 5.97 Å². The standard InChI is InChI=1S/C20H24N2O4/c1-4-5-7-12-14-15-16(18(24)22(2)17(15)23)20(21-14,19(25)26-3)13-10-8-6-9-11-13/h6-12,14-16,21H,4-5H2,1-3H3/b12-7+/t14-,15+,16-,20-/m0/s1. The van der Waals surface area contributed by atoms with Crippen molar-refractivity contribution in [3.63, 3.8) is 0 Å². The first kappa shape index (κ1) is 18.3. The average Bonchev–Trinajstić information content (AvgIpc) is 3.12. The van der Waals surface area contributed by atoms with Crippen LogP contribution in [0.3, 0.4) is 0 Å². The lowest BCUT2D eigenvalue weighted by molar-refractivity contribution is -0.154. The van der Waals surface area contributed by atoms with E-state index in [0.29, 0.717) is 5.56 Å². The van der Waals surface area contributed by atoms with E-state index in [1.54, 1.807) is 12.1 Å². The van der Waals surface area contributed by atoms with Crippen LogP contribution in [0.4, 0.5) is 0 Å². The van der Waals surface area contributed by atoms with Gasteiger partial charge < -0.3 is 4.74 Å². The van der Waals surface area contributed by atoms with Gasteiger partial charge in [0.15, 0.2) is 5.54 Å². The molecule has 2 saturated heterocycles. The molecule has 2 fully saturated rings. The molecular weight excluding hydrogens is 332 g/mol. The van der Waals surface area contributed by atoms with E-state index in [1.807, 2.05) is 30.4 Å². The Morgan fingerprint density at radius 3 is 2.58 bits per heavy atom. The van der Waals surface area contributed by atoms with Gasteiger partial charge in [-0.05, 0) is 12.0 Å². The normalized spacial score (nSPS) is 30.9. The fourth-order valence-corrected chi connectivity index (χ4v) is 4.10. The second kappa shape index (κ2) is 7.03. The number of imide groups is 1. The number of hydrogen-bond donors (Lipinski definition) is 1. The van der Waals surface area contributed by atoms with Crippen LogP contribution in [0.2, 0.25) is 0 Å². The van der Waals surface area contributed by atoms with Crippen molar-refractivity contribution in [1.82, 2.24) is 10.2 Å². The van der Waals surface area contributed by atoms with Crippen molar-refractivity contribution >= 4 is 17.8 Å². The molecule has 0 aromatic heterocycles. The zero-order valence-corrected chi connectivity index (χ0v) is 15.3. The predicted octanol–water partition coefficient (Wildman–Crippen LogP) is 1.61. The number of benzene rings is 1. The summed E-state index contributed by atoms with van der Waals surface area (Å²) < 4.78 is 5.09. The summed E-state index contributed by atoms with van der Waals surface area (Å²) in [5.41, 5.74) is -0.746. The number of likely N-dealkylation sites (tertiary alicyclic amines) is 1. The van der Waals surface area contributed by atoms with Gasteiger partial charge in [0.1, 0.15) is 0 Å². The third-order valence-corrected chi connectivity index (χ3v) is 5.35. The second-order valence-electron chi connectivity index (χ2n) is 6.79. The van der Waals surface area contributed by atoms with Crippen LogP contribution in [-0.2, 0) is 24.7 Å². The number of nitrogens with zero attached hydrogens (tertiary/aromatic N) is 1. The number of ether oxygens (including phenoxy) is 1. The third-order valence-electron chi connectivity index (χ3n) is 5.35. The summed E-state index contributed by atoms with van der Waals surface area (Å²) in [5.74, 6) is -2.62. The number of methoxy groups -OCH3 is 1. The van der Waals surface area contributed by atoms with Crippen molar-refractivity contribution in [2.75, 3.05) is 14.2 Å². The molecule has 1 aromatic rings. The van der Waals surface area contributed by atoms with Crippen LogP contribution in [0.1, 0.15) is 25.3 Å². The van der Waals surface area contributed by atoms with E-state index in [-0.39, 0.29) is 11.8 Å². The summed E-state index contributed by atoms with van der Waals surface area (Å²) in [6.07, 6.45) is 5.73. The van der Waals surface area contributed by atoms with Crippen molar-refractivity contribution in [3.05, 3.63) is 48.0 Å². The van der Waals surface area contributed by atoms with E-state index in [9.17, 15) is 14.4 Å². The molecule has 0 spiro atoms. The van der Waals surface area contributed by atoms with Crippen molar-refractivity contribution in [2.24, 2.45) is 11.8 Å².